The van der Waals surface area contributed by atoms with Crippen molar-refractivity contribution in [2.75, 3.05) is 13.7 Å². The van der Waals surface area contributed by atoms with Crippen LogP contribution in [0.25, 0.3) is 0 Å². The molecule has 0 aliphatic rings. The van der Waals surface area contributed by atoms with Crippen molar-refractivity contribution in [1.29, 1.82) is 0 Å². The summed E-state index contributed by atoms with van der Waals surface area (Å²) >= 11 is 0. The van der Waals surface area contributed by atoms with Crippen molar-refractivity contribution in [3.63, 3.8) is 0 Å². The standard InChI is InChI=1S/C12H18N2O4/c1-8(2)14-12(16)11(15)13-7-10(17-3)9-5-4-6-18-9/h4-6,8,10H,7H2,1-3H3,(H,13,15)(H,14,16). The van der Waals surface area contributed by atoms with E-state index < -0.39 is 17.9 Å². The molecule has 0 spiro atoms. The van der Waals surface area contributed by atoms with Crippen LogP contribution in [0.4, 0.5) is 0 Å². The molecule has 1 atom stereocenters. The van der Waals surface area contributed by atoms with E-state index >= 15 is 0 Å². The Kier molecular flexibility index (Phi) is 5.38. The average molecular weight is 254 g/mol. The lowest BCUT2D eigenvalue weighted by molar-refractivity contribution is -0.139. The van der Waals surface area contributed by atoms with Crippen LogP contribution in [0.3, 0.4) is 0 Å². The highest BCUT2D eigenvalue weighted by Gasteiger charge is 2.18. The summed E-state index contributed by atoms with van der Waals surface area (Å²) in [5.41, 5.74) is 0. The third-order valence-corrected chi connectivity index (χ3v) is 2.22. The summed E-state index contributed by atoms with van der Waals surface area (Å²) in [6, 6.07) is 3.40. The van der Waals surface area contributed by atoms with Crippen molar-refractivity contribution in [2.45, 2.75) is 26.0 Å². The van der Waals surface area contributed by atoms with Gasteiger partial charge in [-0.2, -0.15) is 0 Å². The Bertz CT molecular complexity index is 387. The Labute approximate surface area is 106 Å². The summed E-state index contributed by atoms with van der Waals surface area (Å²) < 4.78 is 10.3. The van der Waals surface area contributed by atoms with E-state index in [-0.39, 0.29) is 12.6 Å². The zero-order chi connectivity index (χ0) is 13.5. The van der Waals surface area contributed by atoms with E-state index in [0.717, 1.165) is 0 Å². The number of rotatable bonds is 5. The van der Waals surface area contributed by atoms with Gasteiger partial charge >= 0.3 is 11.8 Å². The lowest BCUT2D eigenvalue weighted by Crippen LogP contribution is -2.43. The number of methoxy groups -OCH3 is 1. The van der Waals surface area contributed by atoms with Crippen molar-refractivity contribution < 1.29 is 18.7 Å². The SMILES string of the molecule is COC(CNC(=O)C(=O)NC(C)C)c1ccco1. The average Bonchev–Trinajstić information content (AvgIpc) is 2.82. The van der Waals surface area contributed by atoms with Gasteiger partial charge in [-0.1, -0.05) is 0 Å². The third kappa shape index (κ3) is 4.21. The molecule has 1 aromatic heterocycles. The van der Waals surface area contributed by atoms with Crippen LogP contribution in [-0.2, 0) is 14.3 Å². The molecule has 0 saturated carbocycles. The third-order valence-electron chi connectivity index (χ3n) is 2.22. The lowest BCUT2D eigenvalue weighted by atomic mass is 10.2. The molecule has 0 aliphatic heterocycles. The van der Waals surface area contributed by atoms with Crippen molar-refractivity contribution in [1.82, 2.24) is 10.6 Å². The van der Waals surface area contributed by atoms with Gasteiger partial charge in [-0.15, -0.1) is 0 Å². The number of nitrogens with one attached hydrogen (secondary N) is 2. The van der Waals surface area contributed by atoms with Crippen molar-refractivity contribution in [3.8, 4) is 0 Å². The molecular formula is C12H18N2O4. The molecule has 0 aromatic carbocycles. The van der Waals surface area contributed by atoms with E-state index in [9.17, 15) is 9.59 Å². The van der Waals surface area contributed by atoms with Gasteiger partial charge in [-0.05, 0) is 26.0 Å². The van der Waals surface area contributed by atoms with Gasteiger partial charge in [0.25, 0.3) is 0 Å². The quantitative estimate of drug-likeness (QED) is 0.754. The number of furan rings is 1. The van der Waals surface area contributed by atoms with E-state index in [1.807, 2.05) is 0 Å². The van der Waals surface area contributed by atoms with Gasteiger partial charge in [0.05, 0.1) is 12.8 Å². The first kappa shape index (κ1) is 14.2. The van der Waals surface area contributed by atoms with E-state index in [0.29, 0.717) is 5.76 Å². The normalized spacial score (nSPS) is 12.2. The summed E-state index contributed by atoms with van der Waals surface area (Å²) in [6.45, 7) is 3.74. The van der Waals surface area contributed by atoms with E-state index in [1.54, 1.807) is 26.0 Å². The minimum atomic E-state index is -0.683. The molecular weight excluding hydrogens is 236 g/mol. The molecule has 0 saturated heterocycles. The first-order valence-corrected chi connectivity index (χ1v) is 5.69. The van der Waals surface area contributed by atoms with Gasteiger partial charge in [0.2, 0.25) is 0 Å². The minimum absolute atomic E-state index is 0.0773. The van der Waals surface area contributed by atoms with Gasteiger partial charge in [-0.3, -0.25) is 9.59 Å². The highest BCUT2D eigenvalue weighted by Crippen LogP contribution is 2.15. The maximum absolute atomic E-state index is 11.5. The van der Waals surface area contributed by atoms with Gasteiger partial charge in [-0.25, -0.2) is 0 Å². The molecule has 2 amide bonds. The summed E-state index contributed by atoms with van der Waals surface area (Å²) in [5, 5.41) is 4.99. The Hall–Kier alpha value is -1.82. The number of carbonyl (C=O) groups is 2. The van der Waals surface area contributed by atoms with Crippen LogP contribution >= 0.6 is 0 Å². The fraction of sp³-hybridized carbons (Fsp3) is 0.500. The zero-order valence-corrected chi connectivity index (χ0v) is 10.7. The highest BCUT2D eigenvalue weighted by atomic mass is 16.5. The monoisotopic (exact) mass is 254 g/mol. The van der Waals surface area contributed by atoms with Crippen LogP contribution in [-0.4, -0.2) is 31.5 Å². The largest absolute Gasteiger partial charge is 0.467 e. The molecule has 1 unspecified atom stereocenters. The van der Waals surface area contributed by atoms with E-state index in [1.165, 1.54) is 13.4 Å². The molecule has 1 heterocycles. The maximum atomic E-state index is 11.5. The first-order chi connectivity index (χ1) is 8.54. The van der Waals surface area contributed by atoms with Crippen molar-refractivity contribution in [3.05, 3.63) is 24.2 Å². The molecule has 0 fully saturated rings. The first-order valence-electron chi connectivity index (χ1n) is 5.69. The molecule has 18 heavy (non-hydrogen) atoms. The van der Waals surface area contributed by atoms with Gasteiger partial charge < -0.3 is 19.8 Å². The Morgan fingerprint density at radius 3 is 2.61 bits per heavy atom. The summed E-state index contributed by atoms with van der Waals surface area (Å²) in [4.78, 5) is 22.8. The minimum Gasteiger partial charge on any atom is -0.467 e. The fourth-order valence-electron chi connectivity index (χ4n) is 1.37. The highest BCUT2D eigenvalue weighted by molar-refractivity contribution is 6.35. The number of hydrogen-bond acceptors (Lipinski definition) is 4. The molecule has 1 aromatic rings. The Balaban J connectivity index is 2.44. The lowest BCUT2D eigenvalue weighted by Gasteiger charge is -2.14. The molecule has 6 heteroatoms. The van der Waals surface area contributed by atoms with Crippen LogP contribution in [0.5, 0.6) is 0 Å². The molecule has 0 aliphatic carbocycles. The second-order valence-corrected chi connectivity index (χ2v) is 4.08. The van der Waals surface area contributed by atoms with Crippen LogP contribution in [0.2, 0.25) is 0 Å². The Morgan fingerprint density at radius 2 is 2.11 bits per heavy atom. The summed E-state index contributed by atoms with van der Waals surface area (Å²) in [6.07, 6.45) is 1.12. The van der Waals surface area contributed by atoms with Crippen molar-refractivity contribution >= 4 is 11.8 Å². The smallest absolute Gasteiger partial charge is 0.309 e. The number of carbonyl (C=O) groups excluding carboxylic acids is 2. The Morgan fingerprint density at radius 1 is 1.39 bits per heavy atom. The van der Waals surface area contributed by atoms with Crippen LogP contribution in [0.15, 0.2) is 22.8 Å². The van der Waals surface area contributed by atoms with Gasteiger partial charge in [0.15, 0.2) is 0 Å². The molecule has 100 valence electrons. The topological polar surface area (TPSA) is 80.6 Å². The predicted octanol–water partition coefficient (Wildman–Crippen LogP) is 0.608. The second-order valence-electron chi connectivity index (χ2n) is 4.08. The number of ether oxygens (including phenoxy) is 1. The van der Waals surface area contributed by atoms with Crippen LogP contribution in [0, 0.1) is 0 Å². The number of amides is 2. The van der Waals surface area contributed by atoms with Gasteiger partial charge in [0, 0.05) is 13.2 Å². The molecule has 6 nitrogen and oxygen atoms in total. The fourth-order valence-corrected chi connectivity index (χ4v) is 1.37. The maximum Gasteiger partial charge on any atom is 0.309 e. The van der Waals surface area contributed by atoms with Crippen LogP contribution in [0.1, 0.15) is 25.7 Å². The predicted molar refractivity (Wildman–Crippen MR) is 64.7 cm³/mol. The van der Waals surface area contributed by atoms with Crippen molar-refractivity contribution in [2.24, 2.45) is 0 Å². The molecule has 2 N–H and O–H groups in total. The van der Waals surface area contributed by atoms with Crippen LogP contribution < -0.4 is 10.6 Å². The van der Waals surface area contributed by atoms with E-state index in [2.05, 4.69) is 10.6 Å². The van der Waals surface area contributed by atoms with E-state index in [4.69, 9.17) is 9.15 Å². The molecule has 0 radical (unpaired) electrons. The number of hydrogen-bond donors (Lipinski definition) is 2. The molecule has 1 rings (SSSR count). The second kappa shape index (κ2) is 6.80. The summed E-state index contributed by atoms with van der Waals surface area (Å²) in [7, 11) is 1.51. The van der Waals surface area contributed by atoms with Gasteiger partial charge in [0.1, 0.15) is 11.9 Å². The summed E-state index contributed by atoms with van der Waals surface area (Å²) in [5.74, 6) is -0.737. The molecule has 0 bridgehead atoms. The zero-order valence-electron chi connectivity index (χ0n) is 10.7.